The molecule has 0 fully saturated rings. The Morgan fingerprint density at radius 3 is 2.28 bits per heavy atom. The molecule has 0 aliphatic heterocycles. The van der Waals surface area contributed by atoms with Crippen molar-refractivity contribution in [1.82, 2.24) is 5.32 Å². The Kier molecular flexibility index (Phi) is 6.12. The van der Waals surface area contributed by atoms with Gasteiger partial charge in [-0.05, 0) is 35.4 Å². The monoisotopic (exact) mass is 337 g/mol. The van der Waals surface area contributed by atoms with Gasteiger partial charge in [0.1, 0.15) is 17.6 Å². The Morgan fingerprint density at radius 2 is 1.76 bits per heavy atom. The molecule has 0 aromatic heterocycles. The SMILES string of the molecule is C=CC(Oc1ccc(/C=C(/NC(C)=O)C(=O)O)cc1)c1ccccc1. The molecule has 0 spiro atoms. The van der Waals surface area contributed by atoms with Gasteiger partial charge >= 0.3 is 5.97 Å². The molecule has 0 aliphatic rings. The predicted molar refractivity (Wildman–Crippen MR) is 95.9 cm³/mol. The van der Waals surface area contributed by atoms with Gasteiger partial charge in [-0.25, -0.2) is 4.79 Å². The van der Waals surface area contributed by atoms with E-state index in [0.717, 1.165) is 5.56 Å². The van der Waals surface area contributed by atoms with Crippen LogP contribution in [0.15, 0.2) is 72.9 Å². The third-order valence-electron chi connectivity index (χ3n) is 3.34. The summed E-state index contributed by atoms with van der Waals surface area (Å²) < 4.78 is 5.90. The number of nitrogens with one attached hydrogen (secondary N) is 1. The van der Waals surface area contributed by atoms with E-state index < -0.39 is 11.9 Å². The van der Waals surface area contributed by atoms with Crippen molar-refractivity contribution in [2.24, 2.45) is 0 Å². The van der Waals surface area contributed by atoms with Crippen molar-refractivity contribution in [3.63, 3.8) is 0 Å². The van der Waals surface area contributed by atoms with Gasteiger partial charge in [-0.2, -0.15) is 0 Å². The molecule has 2 aromatic carbocycles. The molecule has 0 radical (unpaired) electrons. The van der Waals surface area contributed by atoms with Gasteiger partial charge < -0.3 is 15.2 Å². The lowest BCUT2D eigenvalue weighted by Gasteiger charge is -2.16. The third-order valence-corrected chi connectivity index (χ3v) is 3.34. The van der Waals surface area contributed by atoms with Crippen molar-refractivity contribution in [3.05, 3.63) is 84.1 Å². The number of rotatable bonds is 7. The van der Waals surface area contributed by atoms with Gasteiger partial charge in [0, 0.05) is 6.92 Å². The highest BCUT2D eigenvalue weighted by molar-refractivity contribution is 5.96. The molecule has 2 N–H and O–H groups in total. The maximum Gasteiger partial charge on any atom is 0.352 e. The summed E-state index contributed by atoms with van der Waals surface area (Å²) in [6.07, 6.45) is 2.81. The average Bonchev–Trinajstić information content (AvgIpc) is 2.60. The van der Waals surface area contributed by atoms with Gasteiger partial charge in [-0.3, -0.25) is 4.79 Å². The number of amides is 1. The van der Waals surface area contributed by atoms with Gasteiger partial charge in [-0.15, -0.1) is 0 Å². The van der Waals surface area contributed by atoms with Crippen molar-refractivity contribution in [1.29, 1.82) is 0 Å². The van der Waals surface area contributed by atoms with Crippen LogP contribution >= 0.6 is 0 Å². The van der Waals surface area contributed by atoms with E-state index in [1.807, 2.05) is 30.3 Å². The molecular formula is C20H19NO4. The van der Waals surface area contributed by atoms with Crippen molar-refractivity contribution in [2.75, 3.05) is 0 Å². The van der Waals surface area contributed by atoms with Crippen molar-refractivity contribution in [3.8, 4) is 5.75 Å². The number of carboxylic acids is 1. The second-order valence-electron chi connectivity index (χ2n) is 5.30. The normalized spacial score (nSPS) is 12.1. The van der Waals surface area contributed by atoms with Crippen molar-refractivity contribution in [2.45, 2.75) is 13.0 Å². The summed E-state index contributed by atoms with van der Waals surface area (Å²) >= 11 is 0. The van der Waals surface area contributed by atoms with Crippen molar-refractivity contribution >= 4 is 18.0 Å². The van der Waals surface area contributed by atoms with Gasteiger partial charge in [0.15, 0.2) is 0 Å². The number of carboxylic acid groups (broad SMARTS) is 1. The van der Waals surface area contributed by atoms with E-state index in [4.69, 9.17) is 9.84 Å². The van der Waals surface area contributed by atoms with Crippen LogP contribution in [0.2, 0.25) is 0 Å². The number of carbonyl (C=O) groups is 2. The second-order valence-corrected chi connectivity index (χ2v) is 5.30. The zero-order chi connectivity index (χ0) is 18.2. The quantitative estimate of drug-likeness (QED) is 0.598. The number of aliphatic carboxylic acids is 1. The molecule has 5 nitrogen and oxygen atoms in total. The molecule has 1 atom stereocenters. The van der Waals surface area contributed by atoms with Gasteiger partial charge in [-0.1, -0.05) is 49.0 Å². The fourth-order valence-electron chi connectivity index (χ4n) is 2.19. The molecule has 0 saturated heterocycles. The molecule has 1 unspecified atom stereocenters. The standard InChI is InChI=1S/C20H19NO4/c1-3-19(16-7-5-4-6-8-16)25-17-11-9-15(10-12-17)13-18(20(23)24)21-14(2)22/h3-13,19H,1H2,2H3,(H,21,22)(H,23,24)/b18-13+. The Labute approximate surface area is 146 Å². The summed E-state index contributed by atoms with van der Waals surface area (Å²) in [5.74, 6) is -1.01. The number of hydrogen-bond donors (Lipinski definition) is 2. The molecule has 128 valence electrons. The molecule has 1 amide bonds. The minimum Gasteiger partial charge on any atom is -0.482 e. The lowest BCUT2D eigenvalue weighted by atomic mass is 10.1. The second kappa shape index (κ2) is 8.49. The summed E-state index contributed by atoms with van der Waals surface area (Å²) in [5, 5.41) is 11.4. The predicted octanol–water partition coefficient (Wildman–Crippen LogP) is 3.55. The zero-order valence-corrected chi connectivity index (χ0v) is 13.8. The van der Waals surface area contributed by atoms with Crippen LogP contribution in [0.4, 0.5) is 0 Å². The summed E-state index contributed by atoms with van der Waals surface area (Å²) in [6, 6.07) is 16.6. The fraction of sp³-hybridized carbons (Fsp3) is 0.100. The molecule has 0 saturated carbocycles. The fourth-order valence-corrected chi connectivity index (χ4v) is 2.19. The zero-order valence-electron chi connectivity index (χ0n) is 13.8. The Bertz CT molecular complexity index is 779. The van der Waals surface area contributed by atoms with Crippen LogP contribution in [-0.4, -0.2) is 17.0 Å². The van der Waals surface area contributed by atoms with Crippen molar-refractivity contribution < 1.29 is 19.4 Å². The summed E-state index contributed by atoms with van der Waals surface area (Å²) in [6.45, 7) is 5.05. The van der Waals surface area contributed by atoms with E-state index in [1.165, 1.54) is 13.0 Å². The summed E-state index contributed by atoms with van der Waals surface area (Å²) in [5.41, 5.74) is 1.43. The largest absolute Gasteiger partial charge is 0.482 e. The highest BCUT2D eigenvalue weighted by Gasteiger charge is 2.10. The van der Waals surface area contributed by atoms with Gasteiger partial charge in [0.2, 0.25) is 5.91 Å². The first kappa shape index (κ1) is 18.0. The van der Waals surface area contributed by atoms with Crippen LogP contribution in [0.5, 0.6) is 5.75 Å². The summed E-state index contributed by atoms with van der Waals surface area (Å²) in [7, 11) is 0. The highest BCUT2D eigenvalue weighted by atomic mass is 16.5. The first-order valence-corrected chi connectivity index (χ1v) is 7.66. The Balaban J connectivity index is 2.15. The topological polar surface area (TPSA) is 75.6 Å². The Hall–Kier alpha value is -3.34. The number of hydrogen-bond acceptors (Lipinski definition) is 3. The maximum absolute atomic E-state index is 11.1. The minimum absolute atomic E-state index is 0.186. The Morgan fingerprint density at radius 1 is 1.12 bits per heavy atom. The molecule has 0 heterocycles. The van der Waals surface area contributed by atoms with Gasteiger partial charge in [0.25, 0.3) is 0 Å². The third kappa shape index (κ3) is 5.35. The minimum atomic E-state index is -1.20. The first-order chi connectivity index (χ1) is 12.0. The molecule has 2 rings (SSSR count). The first-order valence-electron chi connectivity index (χ1n) is 7.66. The summed E-state index contributed by atoms with van der Waals surface area (Å²) in [4.78, 5) is 22.2. The van der Waals surface area contributed by atoms with E-state index in [1.54, 1.807) is 30.3 Å². The highest BCUT2D eigenvalue weighted by Crippen LogP contribution is 2.23. The molecule has 25 heavy (non-hydrogen) atoms. The molecule has 5 heteroatoms. The molecular weight excluding hydrogens is 318 g/mol. The van der Waals surface area contributed by atoms with Crippen LogP contribution in [0.1, 0.15) is 24.2 Å². The number of carbonyl (C=O) groups excluding carboxylic acids is 1. The number of benzene rings is 2. The van der Waals surface area contributed by atoms with E-state index in [-0.39, 0.29) is 11.8 Å². The smallest absolute Gasteiger partial charge is 0.352 e. The molecule has 0 aliphatic carbocycles. The van der Waals surface area contributed by atoms with E-state index in [2.05, 4.69) is 11.9 Å². The molecule has 2 aromatic rings. The van der Waals surface area contributed by atoms with Crippen LogP contribution < -0.4 is 10.1 Å². The van der Waals surface area contributed by atoms with Crippen LogP contribution in [0.25, 0.3) is 6.08 Å². The van der Waals surface area contributed by atoms with Gasteiger partial charge in [0.05, 0.1) is 0 Å². The van der Waals surface area contributed by atoms with E-state index in [9.17, 15) is 9.59 Å². The maximum atomic E-state index is 11.1. The van der Waals surface area contributed by atoms with Crippen LogP contribution in [-0.2, 0) is 9.59 Å². The number of ether oxygens (including phenoxy) is 1. The van der Waals surface area contributed by atoms with Crippen LogP contribution in [0.3, 0.4) is 0 Å². The average molecular weight is 337 g/mol. The lowest BCUT2D eigenvalue weighted by molar-refractivity contribution is -0.134. The van der Waals surface area contributed by atoms with E-state index >= 15 is 0 Å². The lowest BCUT2D eigenvalue weighted by Crippen LogP contribution is -2.24. The van der Waals surface area contributed by atoms with Crippen LogP contribution in [0, 0.1) is 0 Å². The van der Waals surface area contributed by atoms with E-state index in [0.29, 0.717) is 11.3 Å². The molecule has 0 bridgehead atoms.